The van der Waals surface area contributed by atoms with Gasteiger partial charge in [0.25, 0.3) is 0 Å². The molecular formula is C9H15N3O4S. The second-order valence-corrected chi connectivity index (χ2v) is 6.81. The summed E-state index contributed by atoms with van der Waals surface area (Å²) >= 11 is 0. The Balaban J connectivity index is 1.99. The van der Waals surface area contributed by atoms with Crippen LogP contribution in [0.25, 0.3) is 10.4 Å². The van der Waals surface area contributed by atoms with Crippen LogP contribution in [-0.4, -0.2) is 51.4 Å². The largest absolute Gasteiger partial charge is 0.376 e. The molecule has 8 heteroatoms. The summed E-state index contributed by atoms with van der Waals surface area (Å²) in [6.45, 7) is 1.05. The van der Waals surface area contributed by atoms with Gasteiger partial charge in [0.05, 0.1) is 43.0 Å². The fourth-order valence-electron chi connectivity index (χ4n) is 2.19. The van der Waals surface area contributed by atoms with Gasteiger partial charge in [-0.3, -0.25) is 0 Å². The highest BCUT2D eigenvalue weighted by Gasteiger charge is 2.42. The van der Waals surface area contributed by atoms with E-state index in [4.69, 9.17) is 15.0 Å². The highest BCUT2D eigenvalue weighted by Crippen LogP contribution is 2.32. The lowest BCUT2D eigenvalue weighted by atomic mass is 9.96. The van der Waals surface area contributed by atoms with Crippen molar-refractivity contribution in [1.29, 1.82) is 0 Å². The summed E-state index contributed by atoms with van der Waals surface area (Å²) in [6.07, 6.45) is 0.657. The Hall–Kier alpha value is -0.820. The molecule has 2 aliphatic heterocycles. The molecule has 0 saturated carbocycles. The van der Waals surface area contributed by atoms with Crippen LogP contribution in [0.2, 0.25) is 0 Å². The number of hydrogen-bond donors (Lipinski definition) is 0. The van der Waals surface area contributed by atoms with Crippen molar-refractivity contribution in [2.45, 2.75) is 24.5 Å². The molecule has 2 aliphatic rings. The molecule has 0 N–H and O–H groups in total. The van der Waals surface area contributed by atoms with E-state index >= 15 is 0 Å². The molecule has 1 spiro atoms. The molecule has 0 aromatic carbocycles. The van der Waals surface area contributed by atoms with E-state index in [2.05, 4.69) is 10.0 Å². The lowest BCUT2D eigenvalue weighted by molar-refractivity contribution is -0.198. The van der Waals surface area contributed by atoms with Crippen LogP contribution in [0.3, 0.4) is 0 Å². The van der Waals surface area contributed by atoms with Crippen molar-refractivity contribution in [3.05, 3.63) is 10.4 Å². The first-order chi connectivity index (χ1) is 8.05. The molecule has 2 heterocycles. The third-order valence-corrected chi connectivity index (χ3v) is 4.82. The Morgan fingerprint density at radius 3 is 2.76 bits per heavy atom. The van der Waals surface area contributed by atoms with Gasteiger partial charge in [-0.2, -0.15) is 0 Å². The molecule has 0 bridgehead atoms. The third kappa shape index (κ3) is 3.10. The van der Waals surface area contributed by atoms with Gasteiger partial charge >= 0.3 is 0 Å². The van der Waals surface area contributed by atoms with Crippen molar-refractivity contribution in [1.82, 2.24) is 0 Å². The zero-order valence-electron chi connectivity index (χ0n) is 9.41. The van der Waals surface area contributed by atoms with E-state index in [0.29, 0.717) is 26.1 Å². The molecule has 0 radical (unpaired) electrons. The second-order valence-electron chi connectivity index (χ2n) is 4.50. The molecule has 7 nitrogen and oxygen atoms in total. The lowest BCUT2D eigenvalue weighted by Crippen LogP contribution is -2.52. The highest BCUT2D eigenvalue weighted by atomic mass is 32.2. The van der Waals surface area contributed by atoms with Crippen LogP contribution < -0.4 is 0 Å². The first-order valence-electron chi connectivity index (χ1n) is 5.52. The van der Waals surface area contributed by atoms with Crippen LogP contribution in [0.1, 0.15) is 12.8 Å². The fourth-order valence-corrected chi connectivity index (χ4v) is 3.76. The monoisotopic (exact) mass is 261 g/mol. The smallest absolute Gasteiger partial charge is 0.150 e. The van der Waals surface area contributed by atoms with Crippen LogP contribution in [-0.2, 0) is 19.3 Å². The van der Waals surface area contributed by atoms with E-state index in [1.54, 1.807) is 0 Å². The summed E-state index contributed by atoms with van der Waals surface area (Å²) in [5, 5.41) is 3.46. The van der Waals surface area contributed by atoms with E-state index in [0.717, 1.165) is 0 Å². The van der Waals surface area contributed by atoms with Crippen LogP contribution in [0, 0.1) is 0 Å². The topological polar surface area (TPSA) is 101 Å². The molecule has 2 rings (SSSR count). The molecular weight excluding hydrogens is 246 g/mol. The Morgan fingerprint density at radius 2 is 2.12 bits per heavy atom. The maximum atomic E-state index is 11.4. The van der Waals surface area contributed by atoms with Gasteiger partial charge in [-0.15, -0.1) is 0 Å². The molecule has 0 aliphatic carbocycles. The Kier molecular flexibility index (Phi) is 3.58. The van der Waals surface area contributed by atoms with Crippen LogP contribution >= 0.6 is 0 Å². The van der Waals surface area contributed by atoms with Gasteiger partial charge in [0, 0.05) is 4.91 Å². The van der Waals surface area contributed by atoms with Gasteiger partial charge in [-0.05, 0) is 18.4 Å². The standard InChI is InChI=1S/C9H15N3O4S/c10-12-11-5-8-6-15-7-9(16-8)1-3-17(13,14)4-2-9/h8H,1-7H2. The summed E-state index contributed by atoms with van der Waals surface area (Å²) in [5.74, 6) is 0.287. The summed E-state index contributed by atoms with van der Waals surface area (Å²) in [6, 6.07) is 0. The number of hydrogen-bond acceptors (Lipinski definition) is 5. The molecule has 17 heavy (non-hydrogen) atoms. The van der Waals surface area contributed by atoms with Crippen molar-refractivity contribution in [2.24, 2.45) is 5.11 Å². The lowest BCUT2D eigenvalue weighted by Gasteiger charge is -2.42. The number of ether oxygens (including phenoxy) is 2. The zero-order valence-corrected chi connectivity index (χ0v) is 10.2. The number of azide groups is 1. The molecule has 0 aromatic heterocycles. The Labute approximate surface area is 99.6 Å². The first-order valence-corrected chi connectivity index (χ1v) is 7.34. The van der Waals surface area contributed by atoms with Crippen molar-refractivity contribution in [3.8, 4) is 0 Å². The van der Waals surface area contributed by atoms with Gasteiger partial charge in [0.15, 0.2) is 9.84 Å². The van der Waals surface area contributed by atoms with Gasteiger partial charge in [0.2, 0.25) is 0 Å². The van der Waals surface area contributed by atoms with Gasteiger partial charge in [0.1, 0.15) is 0 Å². The highest BCUT2D eigenvalue weighted by molar-refractivity contribution is 7.91. The predicted octanol–water partition coefficient (Wildman–Crippen LogP) is 0.659. The minimum atomic E-state index is -2.91. The Bertz CT molecular complexity index is 416. The zero-order chi connectivity index (χ0) is 12.4. The van der Waals surface area contributed by atoms with Gasteiger partial charge in [-0.1, -0.05) is 5.11 Å². The SMILES string of the molecule is [N-]=[N+]=NCC1COCC2(CCS(=O)(=O)CC2)O1. The minimum Gasteiger partial charge on any atom is -0.376 e. The molecule has 1 unspecified atom stereocenters. The molecule has 0 aromatic rings. The number of nitrogens with zero attached hydrogens (tertiary/aromatic N) is 3. The molecule has 1 atom stereocenters. The molecule has 2 saturated heterocycles. The molecule has 2 fully saturated rings. The third-order valence-electron chi connectivity index (χ3n) is 3.17. The van der Waals surface area contributed by atoms with Gasteiger partial charge < -0.3 is 9.47 Å². The number of sulfone groups is 1. The summed E-state index contributed by atoms with van der Waals surface area (Å²) in [4.78, 5) is 2.68. The summed E-state index contributed by atoms with van der Waals surface area (Å²) in [5.41, 5.74) is 7.75. The normalized spacial score (nSPS) is 30.7. The summed E-state index contributed by atoms with van der Waals surface area (Å²) < 4.78 is 34.0. The minimum absolute atomic E-state index is 0.143. The van der Waals surface area contributed by atoms with Crippen LogP contribution in [0.5, 0.6) is 0 Å². The van der Waals surface area contributed by atoms with Crippen molar-refractivity contribution >= 4 is 9.84 Å². The van der Waals surface area contributed by atoms with E-state index in [1.807, 2.05) is 0 Å². The summed E-state index contributed by atoms with van der Waals surface area (Å²) in [7, 11) is -2.91. The maximum Gasteiger partial charge on any atom is 0.150 e. The maximum absolute atomic E-state index is 11.4. The van der Waals surface area contributed by atoms with Crippen molar-refractivity contribution < 1.29 is 17.9 Å². The second kappa shape index (κ2) is 4.81. The quantitative estimate of drug-likeness (QED) is 0.414. The van der Waals surface area contributed by atoms with E-state index in [1.165, 1.54) is 0 Å². The Morgan fingerprint density at radius 1 is 1.41 bits per heavy atom. The molecule has 96 valence electrons. The van der Waals surface area contributed by atoms with Crippen molar-refractivity contribution in [3.63, 3.8) is 0 Å². The van der Waals surface area contributed by atoms with E-state index < -0.39 is 15.4 Å². The van der Waals surface area contributed by atoms with Gasteiger partial charge in [-0.25, -0.2) is 8.42 Å². The average Bonchev–Trinajstić information content (AvgIpc) is 2.32. The average molecular weight is 261 g/mol. The van der Waals surface area contributed by atoms with Crippen LogP contribution in [0.4, 0.5) is 0 Å². The first kappa shape index (κ1) is 12.6. The van der Waals surface area contributed by atoms with Crippen LogP contribution in [0.15, 0.2) is 5.11 Å². The van der Waals surface area contributed by atoms with Crippen molar-refractivity contribution in [2.75, 3.05) is 31.3 Å². The van der Waals surface area contributed by atoms with E-state index in [9.17, 15) is 8.42 Å². The fraction of sp³-hybridized carbons (Fsp3) is 1.00. The van der Waals surface area contributed by atoms with E-state index in [-0.39, 0.29) is 24.2 Å². The molecule has 0 amide bonds. The predicted molar refractivity (Wildman–Crippen MR) is 60.3 cm³/mol. The number of rotatable bonds is 2.